The molecule has 0 saturated carbocycles. The zero-order chi connectivity index (χ0) is 29.5. The smallest absolute Gasteiger partial charge is 0.407 e. The molecular weight excluding hydrogens is 524 g/mol. The van der Waals surface area contributed by atoms with Gasteiger partial charge in [0.05, 0.1) is 20.8 Å². The average Bonchev–Trinajstić information content (AvgIpc) is 3.28. The molecule has 4 rings (SSSR count). The number of carboxylic acids is 1. The number of carboxylic acid groups (broad SMARTS) is 1. The SMILES string of the molecule is COc1ccc(CN(CC(=O)O)C(=O)[C@H](CC(C)C)NC(=O)OCC2c3ccccc3-c3ccccc32)c(OC)c1. The summed E-state index contributed by atoms with van der Waals surface area (Å²) in [5, 5.41) is 12.3. The molecule has 1 atom stereocenters. The van der Waals surface area contributed by atoms with Crippen LogP contribution in [-0.4, -0.2) is 61.4 Å². The fraction of sp³-hybridized carbons (Fsp3) is 0.344. The van der Waals surface area contributed by atoms with Crippen LogP contribution in [0.15, 0.2) is 66.7 Å². The number of carbonyl (C=O) groups is 3. The van der Waals surface area contributed by atoms with Crippen LogP contribution in [-0.2, 0) is 20.9 Å². The van der Waals surface area contributed by atoms with Crippen molar-refractivity contribution in [3.8, 4) is 22.6 Å². The Labute approximate surface area is 240 Å². The second-order valence-corrected chi connectivity index (χ2v) is 10.4. The molecule has 0 spiro atoms. The van der Waals surface area contributed by atoms with Crippen molar-refractivity contribution in [2.75, 3.05) is 27.4 Å². The van der Waals surface area contributed by atoms with Crippen molar-refractivity contribution in [3.05, 3.63) is 83.4 Å². The Morgan fingerprint density at radius 2 is 1.56 bits per heavy atom. The number of methoxy groups -OCH3 is 2. The molecule has 0 aromatic heterocycles. The second kappa shape index (κ2) is 13.2. The lowest BCUT2D eigenvalue weighted by Gasteiger charge is -2.28. The van der Waals surface area contributed by atoms with Crippen molar-refractivity contribution < 1.29 is 33.7 Å². The van der Waals surface area contributed by atoms with E-state index in [2.05, 4.69) is 17.4 Å². The second-order valence-electron chi connectivity index (χ2n) is 10.4. The molecule has 9 heteroatoms. The number of hydrogen-bond acceptors (Lipinski definition) is 6. The van der Waals surface area contributed by atoms with Crippen LogP contribution < -0.4 is 14.8 Å². The summed E-state index contributed by atoms with van der Waals surface area (Å²) in [6.07, 6.45) is -0.429. The highest BCUT2D eigenvalue weighted by Crippen LogP contribution is 2.44. The number of rotatable bonds is 12. The largest absolute Gasteiger partial charge is 0.497 e. The minimum atomic E-state index is -1.17. The molecule has 1 aliphatic rings. The molecule has 0 unspecified atom stereocenters. The fourth-order valence-corrected chi connectivity index (χ4v) is 5.26. The van der Waals surface area contributed by atoms with Crippen LogP contribution in [0.2, 0.25) is 0 Å². The molecule has 3 aromatic carbocycles. The Bertz CT molecular complexity index is 1360. The highest BCUT2D eigenvalue weighted by molar-refractivity contribution is 5.88. The Balaban J connectivity index is 1.49. The van der Waals surface area contributed by atoms with E-state index in [0.29, 0.717) is 23.5 Å². The van der Waals surface area contributed by atoms with Gasteiger partial charge in [-0.25, -0.2) is 4.79 Å². The van der Waals surface area contributed by atoms with Gasteiger partial charge in [-0.2, -0.15) is 0 Å². The molecule has 2 N–H and O–H groups in total. The summed E-state index contributed by atoms with van der Waals surface area (Å²) in [5.41, 5.74) is 4.99. The third-order valence-corrected chi connectivity index (χ3v) is 7.13. The van der Waals surface area contributed by atoms with E-state index in [9.17, 15) is 19.5 Å². The highest BCUT2D eigenvalue weighted by atomic mass is 16.5. The zero-order valence-corrected chi connectivity index (χ0v) is 23.8. The van der Waals surface area contributed by atoms with E-state index in [1.54, 1.807) is 18.2 Å². The normalized spacial score (nSPS) is 12.7. The van der Waals surface area contributed by atoms with Gasteiger partial charge in [-0.05, 0) is 46.7 Å². The molecule has 0 aliphatic heterocycles. The van der Waals surface area contributed by atoms with Gasteiger partial charge in [0.1, 0.15) is 30.7 Å². The molecule has 0 fully saturated rings. The predicted molar refractivity (Wildman–Crippen MR) is 154 cm³/mol. The van der Waals surface area contributed by atoms with E-state index >= 15 is 0 Å². The Kier molecular flexibility index (Phi) is 9.49. The van der Waals surface area contributed by atoms with Crippen LogP contribution in [0.25, 0.3) is 11.1 Å². The van der Waals surface area contributed by atoms with Gasteiger partial charge in [0.15, 0.2) is 0 Å². The number of nitrogens with zero attached hydrogens (tertiary/aromatic N) is 1. The van der Waals surface area contributed by atoms with Crippen LogP contribution >= 0.6 is 0 Å². The maximum atomic E-state index is 13.7. The molecule has 0 saturated heterocycles. The first-order chi connectivity index (χ1) is 19.7. The number of ether oxygens (including phenoxy) is 3. The number of carbonyl (C=O) groups excluding carboxylic acids is 2. The molecule has 0 radical (unpaired) electrons. The van der Waals surface area contributed by atoms with Crippen molar-refractivity contribution >= 4 is 18.0 Å². The Morgan fingerprint density at radius 1 is 0.927 bits per heavy atom. The lowest BCUT2D eigenvalue weighted by atomic mass is 9.98. The topological polar surface area (TPSA) is 114 Å². The quantitative estimate of drug-likeness (QED) is 0.318. The van der Waals surface area contributed by atoms with E-state index in [0.717, 1.165) is 22.3 Å². The number of nitrogens with one attached hydrogen (secondary N) is 1. The summed E-state index contributed by atoms with van der Waals surface area (Å²) in [6.45, 7) is 3.38. The number of fused-ring (bicyclic) bond motifs is 3. The van der Waals surface area contributed by atoms with E-state index < -0.39 is 30.6 Å². The lowest BCUT2D eigenvalue weighted by molar-refractivity contribution is -0.146. The monoisotopic (exact) mass is 560 g/mol. The predicted octanol–water partition coefficient (Wildman–Crippen LogP) is 5.07. The highest BCUT2D eigenvalue weighted by Gasteiger charge is 2.32. The molecule has 1 aliphatic carbocycles. The van der Waals surface area contributed by atoms with Crippen molar-refractivity contribution in [1.82, 2.24) is 10.2 Å². The Morgan fingerprint density at radius 3 is 2.12 bits per heavy atom. The summed E-state index contributed by atoms with van der Waals surface area (Å²) in [7, 11) is 3.02. The number of benzene rings is 3. The first-order valence-corrected chi connectivity index (χ1v) is 13.5. The van der Waals surface area contributed by atoms with Gasteiger partial charge in [-0.3, -0.25) is 9.59 Å². The van der Waals surface area contributed by atoms with Crippen molar-refractivity contribution in [3.63, 3.8) is 0 Å². The van der Waals surface area contributed by atoms with Crippen LogP contribution in [0.5, 0.6) is 11.5 Å². The van der Waals surface area contributed by atoms with Crippen molar-refractivity contribution in [2.24, 2.45) is 5.92 Å². The number of aliphatic carboxylic acids is 1. The summed E-state index contributed by atoms with van der Waals surface area (Å²) in [5.74, 6) is -0.755. The van der Waals surface area contributed by atoms with Gasteiger partial charge in [-0.15, -0.1) is 0 Å². The average molecular weight is 561 g/mol. The fourth-order valence-electron chi connectivity index (χ4n) is 5.26. The molecular formula is C32H36N2O7. The van der Waals surface area contributed by atoms with Gasteiger partial charge >= 0.3 is 12.1 Å². The minimum absolute atomic E-state index is 0.0285. The summed E-state index contributed by atoms with van der Waals surface area (Å²) < 4.78 is 16.3. The van der Waals surface area contributed by atoms with Crippen LogP contribution in [0, 0.1) is 5.92 Å². The lowest BCUT2D eigenvalue weighted by Crippen LogP contribution is -2.50. The summed E-state index contributed by atoms with van der Waals surface area (Å²) in [6, 6.07) is 20.2. The van der Waals surface area contributed by atoms with E-state index in [4.69, 9.17) is 14.2 Å². The van der Waals surface area contributed by atoms with Gasteiger partial charge < -0.3 is 29.5 Å². The van der Waals surface area contributed by atoms with E-state index in [-0.39, 0.29) is 25.0 Å². The summed E-state index contributed by atoms with van der Waals surface area (Å²) in [4.78, 5) is 39.6. The standard InChI is InChI=1S/C32H36N2O7/c1-20(2)15-28(31(37)34(18-30(35)36)17-21-13-14-22(39-3)16-29(21)40-4)33-32(38)41-19-27-25-11-7-5-9-23(25)24-10-6-8-12-26(24)27/h5-14,16,20,27-28H,15,17-19H2,1-4H3,(H,33,38)(H,35,36)/t28-/m0/s1. The molecule has 9 nitrogen and oxygen atoms in total. The number of alkyl carbamates (subject to hydrolysis) is 1. The summed E-state index contributed by atoms with van der Waals surface area (Å²) >= 11 is 0. The van der Waals surface area contributed by atoms with E-state index in [1.165, 1.54) is 19.1 Å². The first kappa shape index (κ1) is 29.5. The van der Waals surface area contributed by atoms with Crippen molar-refractivity contribution in [1.29, 1.82) is 0 Å². The zero-order valence-electron chi connectivity index (χ0n) is 23.8. The third-order valence-electron chi connectivity index (χ3n) is 7.13. The van der Waals surface area contributed by atoms with Gasteiger partial charge in [-0.1, -0.05) is 62.4 Å². The molecule has 0 heterocycles. The molecule has 0 bridgehead atoms. The maximum absolute atomic E-state index is 13.7. The van der Waals surface area contributed by atoms with Gasteiger partial charge in [0, 0.05) is 17.5 Å². The molecule has 2 amide bonds. The Hall–Kier alpha value is -4.53. The van der Waals surface area contributed by atoms with Crippen LogP contribution in [0.3, 0.4) is 0 Å². The van der Waals surface area contributed by atoms with Crippen LogP contribution in [0.4, 0.5) is 4.79 Å². The first-order valence-electron chi connectivity index (χ1n) is 13.5. The number of hydrogen-bond donors (Lipinski definition) is 2. The number of amides is 2. The van der Waals surface area contributed by atoms with E-state index in [1.807, 2.05) is 50.2 Å². The minimum Gasteiger partial charge on any atom is -0.497 e. The van der Waals surface area contributed by atoms with Crippen LogP contribution in [0.1, 0.15) is 42.9 Å². The molecule has 3 aromatic rings. The van der Waals surface area contributed by atoms with Crippen molar-refractivity contribution in [2.45, 2.75) is 38.8 Å². The van der Waals surface area contributed by atoms with Gasteiger partial charge in [0.25, 0.3) is 0 Å². The van der Waals surface area contributed by atoms with Gasteiger partial charge in [0.2, 0.25) is 5.91 Å². The molecule has 41 heavy (non-hydrogen) atoms. The molecule has 216 valence electrons. The third kappa shape index (κ3) is 6.98. The maximum Gasteiger partial charge on any atom is 0.407 e.